The number of thiophene rings is 1. The van der Waals surface area contributed by atoms with Gasteiger partial charge in [-0.1, -0.05) is 18.2 Å². The number of nitrogens with zero attached hydrogens (tertiary/aromatic N) is 4. The Morgan fingerprint density at radius 3 is 2.75 bits per heavy atom. The number of tetrazole rings is 1. The predicted octanol–water partition coefficient (Wildman–Crippen LogP) is 2.93. The number of amides is 1. The van der Waals surface area contributed by atoms with Gasteiger partial charge in [0.1, 0.15) is 4.88 Å². The van der Waals surface area contributed by atoms with Gasteiger partial charge in [0.25, 0.3) is 5.91 Å². The molecule has 0 bridgehead atoms. The molecule has 3 heterocycles. The van der Waals surface area contributed by atoms with Crippen LogP contribution in [0.4, 0.5) is 5.00 Å². The zero-order chi connectivity index (χ0) is 19.3. The predicted molar refractivity (Wildman–Crippen MR) is 99.3 cm³/mol. The third-order valence-corrected chi connectivity index (χ3v) is 4.64. The number of esters is 1. The van der Waals surface area contributed by atoms with Gasteiger partial charge in [0.2, 0.25) is 0 Å². The van der Waals surface area contributed by atoms with Crippen molar-refractivity contribution in [1.29, 1.82) is 0 Å². The van der Waals surface area contributed by atoms with E-state index in [4.69, 9.17) is 9.15 Å². The molecular formula is C18H13N5O4S. The van der Waals surface area contributed by atoms with E-state index in [2.05, 4.69) is 20.8 Å². The lowest BCUT2D eigenvalue weighted by Gasteiger charge is -2.05. The third kappa shape index (κ3) is 3.81. The number of anilines is 1. The summed E-state index contributed by atoms with van der Waals surface area (Å²) in [5, 5.41) is 14.6. The van der Waals surface area contributed by atoms with Crippen LogP contribution < -0.4 is 5.32 Å². The monoisotopic (exact) mass is 395 g/mol. The molecule has 1 amide bonds. The van der Waals surface area contributed by atoms with Gasteiger partial charge in [-0.15, -0.1) is 16.4 Å². The lowest BCUT2D eigenvalue weighted by molar-refractivity contribution is 0.0465. The minimum atomic E-state index is -0.536. The van der Waals surface area contributed by atoms with Crippen LogP contribution >= 0.6 is 11.3 Å². The Bertz CT molecular complexity index is 1090. The number of carbonyl (C=O) groups is 2. The molecule has 0 radical (unpaired) electrons. The number of rotatable bonds is 6. The van der Waals surface area contributed by atoms with Crippen molar-refractivity contribution in [3.63, 3.8) is 0 Å². The summed E-state index contributed by atoms with van der Waals surface area (Å²) in [5.41, 5.74) is 0.762. The summed E-state index contributed by atoms with van der Waals surface area (Å²) in [4.78, 5) is 24.6. The molecule has 0 saturated carbocycles. The largest absolute Gasteiger partial charge is 0.459 e. The number of hydrogen-bond donors (Lipinski definition) is 1. The summed E-state index contributed by atoms with van der Waals surface area (Å²) in [6.45, 7) is -0.0906. The fourth-order valence-electron chi connectivity index (χ4n) is 2.36. The number of hydrogen-bond acceptors (Lipinski definition) is 8. The first-order valence-electron chi connectivity index (χ1n) is 8.15. The zero-order valence-electron chi connectivity index (χ0n) is 14.3. The summed E-state index contributed by atoms with van der Waals surface area (Å²) in [5.74, 6) is -0.354. The van der Waals surface area contributed by atoms with Gasteiger partial charge in [-0.05, 0) is 46.8 Å². The maximum absolute atomic E-state index is 12.3. The lowest BCUT2D eigenvalue weighted by atomic mass is 10.3. The van der Waals surface area contributed by atoms with Crippen LogP contribution in [0.25, 0.3) is 5.69 Å². The molecule has 0 aliphatic carbocycles. The highest BCUT2D eigenvalue weighted by Crippen LogP contribution is 2.23. The molecule has 4 aromatic rings. The van der Waals surface area contributed by atoms with Crippen LogP contribution in [0.1, 0.15) is 26.1 Å². The summed E-state index contributed by atoms with van der Waals surface area (Å²) >= 11 is 1.10. The number of aromatic nitrogens is 4. The van der Waals surface area contributed by atoms with Crippen LogP contribution in [0, 0.1) is 0 Å². The quantitative estimate of drug-likeness (QED) is 0.500. The van der Waals surface area contributed by atoms with Gasteiger partial charge in [-0.25, -0.2) is 4.79 Å². The molecule has 140 valence electrons. The second-order valence-electron chi connectivity index (χ2n) is 5.51. The molecule has 0 atom stereocenters. The van der Waals surface area contributed by atoms with Crippen molar-refractivity contribution in [2.75, 3.05) is 5.32 Å². The summed E-state index contributed by atoms with van der Waals surface area (Å²) in [7, 11) is 0. The van der Waals surface area contributed by atoms with Crippen LogP contribution in [0.3, 0.4) is 0 Å². The molecule has 1 N–H and O–H groups in total. The molecule has 0 aliphatic heterocycles. The Labute approximate surface area is 162 Å². The van der Waals surface area contributed by atoms with E-state index in [0.29, 0.717) is 15.7 Å². The molecule has 1 aromatic carbocycles. The Balaban J connectivity index is 1.38. The van der Waals surface area contributed by atoms with Crippen molar-refractivity contribution < 1.29 is 18.7 Å². The van der Waals surface area contributed by atoms with E-state index in [1.54, 1.807) is 24.3 Å². The van der Waals surface area contributed by atoms with Gasteiger partial charge < -0.3 is 14.5 Å². The Morgan fingerprint density at radius 2 is 1.96 bits per heavy atom. The standard InChI is InChI=1S/C18H13N5O4S/c24-17(13-7-4-10-26-13)19-16-9-8-14(28-16)18(25)27-11-15-20-21-22-23(15)12-5-2-1-3-6-12/h1-10H,11H2,(H,19,24). The molecule has 0 unspecified atom stereocenters. The molecular weight excluding hydrogens is 382 g/mol. The second-order valence-corrected chi connectivity index (χ2v) is 6.60. The molecule has 4 rings (SSSR count). The number of benzene rings is 1. The maximum atomic E-state index is 12.3. The van der Waals surface area contributed by atoms with E-state index < -0.39 is 11.9 Å². The van der Waals surface area contributed by atoms with Gasteiger partial charge in [-0.2, -0.15) is 4.68 Å². The zero-order valence-corrected chi connectivity index (χ0v) is 15.1. The summed E-state index contributed by atoms with van der Waals surface area (Å²) < 4.78 is 11.8. The fourth-order valence-corrected chi connectivity index (χ4v) is 3.16. The van der Waals surface area contributed by atoms with E-state index >= 15 is 0 Å². The Hall–Kier alpha value is -3.79. The minimum absolute atomic E-state index is 0.0906. The third-order valence-electron chi connectivity index (χ3n) is 3.66. The summed E-state index contributed by atoms with van der Waals surface area (Å²) in [6.07, 6.45) is 1.41. The van der Waals surface area contributed by atoms with Crippen LogP contribution in [-0.2, 0) is 11.3 Å². The van der Waals surface area contributed by atoms with E-state index in [0.717, 1.165) is 17.0 Å². The van der Waals surface area contributed by atoms with Crippen LogP contribution in [-0.4, -0.2) is 32.1 Å². The smallest absolute Gasteiger partial charge is 0.348 e. The Morgan fingerprint density at radius 1 is 1.11 bits per heavy atom. The van der Waals surface area contributed by atoms with Crippen molar-refractivity contribution in [1.82, 2.24) is 20.2 Å². The highest BCUT2D eigenvalue weighted by atomic mass is 32.1. The molecule has 28 heavy (non-hydrogen) atoms. The number of carbonyl (C=O) groups excluding carboxylic acids is 2. The van der Waals surface area contributed by atoms with Crippen LogP contribution in [0.5, 0.6) is 0 Å². The van der Waals surface area contributed by atoms with E-state index in [-0.39, 0.29) is 12.4 Å². The molecule has 0 fully saturated rings. The first-order valence-corrected chi connectivity index (χ1v) is 8.97. The number of furan rings is 1. The highest BCUT2D eigenvalue weighted by Gasteiger charge is 2.16. The van der Waals surface area contributed by atoms with E-state index in [9.17, 15) is 9.59 Å². The molecule has 0 saturated heterocycles. The van der Waals surface area contributed by atoms with Crippen molar-refractivity contribution in [2.45, 2.75) is 6.61 Å². The van der Waals surface area contributed by atoms with Gasteiger partial charge in [0.05, 0.1) is 17.0 Å². The SMILES string of the molecule is O=C(Nc1ccc(C(=O)OCc2nnnn2-c2ccccc2)s1)c1ccco1. The topological polar surface area (TPSA) is 112 Å². The van der Waals surface area contributed by atoms with E-state index in [1.807, 2.05) is 30.3 Å². The Kier molecular flexibility index (Phi) is 4.93. The molecule has 0 spiro atoms. The molecule has 10 heteroatoms. The lowest BCUT2D eigenvalue weighted by Crippen LogP contribution is -2.10. The molecule has 9 nitrogen and oxygen atoms in total. The average Bonchev–Trinajstić information content (AvgIpc) is 3.48. The summed E-state index contributed by atoms with van der Waals surface area (Å²) in [6, 6.07) is 15.6. The van der Waals surface area contributed by atoms with Crippen molar-refractivity contribution >= 4 is 28.2 Å². The van der Waals surface area contributed by atoms with Gasteiger partial charge in [0, 0.05) is 0 Å². The highest BCUT2D eigenvalue weighted by molar-refractivity contribution is 7.18. The number of nitrogens with one attached hydrogen (secondary N) is 1. The average molecular weight is 395 g/mol. The van der Waals surface area contributed by atoms with Gasteiger partial charge in [-0.3, -0.25) is 4.79 Å². The van der Waals surface area contributed by atoms with Crippen LogP contribution in [0.15, 0.2) is 65.3 Å². The number of ether oxygens (including phenoxy) is 1. The normalized spacial score (nSPS) is 10.6. The van der Waals surface area contributed by atoms with Crippen molar-refractivity contribution in [3.8, 4) is 5.69 Å². The van der Waals surface area contributed by atoms with Crippen molar-refractivity contribution in [3.05, 3.63) is 77.3 Å². The first-order chi connectivity index (χ1) is 13.7. The maximum Gasteiger partial charge on any atom is 0.348 e. The van der Waals surface area contributed by atoms with Crippen LogP contribution in [0.2, 0.25) is 0 Å². The van der Waals surface area contributed by atoms with E-state index in [1.165, 1.54) is 10.9 Å². The first kappa shape index (κ1) is 17.6. The minimum Gasteiger partial charge on any atom is -0.459 e. The molecule has 0 aliphatic rings. The second kappa shape index (κ2) is 7.84. The fraction of sp³-hybridized carbons (Fsp3) is 0.0556. The molecule has 3 aromatic heterocycles. The van der Waals surface area contributed by atoms with Gasteiger partial charge in [0.15, 0.2) is 18.2 Å². The van der Waals surface area contributed by atoms with Gasteiger partial charge >= 0.3 is 5.97 Å². The number of para-hydroxylation sites is 1. The van der Waals surface area contributed by atoms with Crippen molar-refractivity contribution in [2.24, 2.45) is 0 Å².